The van der Waals surface area contributed by atoms with E-state index >= 15 is 0 Å². The molecule has 0 radical (unpaired) electrons. The second-order valence-electron chi connectivity index (χ2n) is 14.8. The molecular formula is C55H37NS. The van der Waals surface area contributed by atoms with Crippen molar-refractivity contribution in [3.63, 3.8) is 0 Å². The Bertz CT molecular complexity index is 2990. The summed E-state index contributed by atoms with van der Waals surface area (Å²) in [6.07, 6.45) is 0. The summed E-state index contributed by atoms with van der Waals surface area (Å²) in [6.45, 7) is 0. The van der Waals surface area contributed by atoms with Crippen LogP contribution in [-0.2, 0) is 5.41 Å². The Hall–Kier alpha value is -7.00. The van der Waals surface area contributed by atoms with Gasteiger partial charge < -0.3 is 4.90 Å². The Balaban J connectivity index is 1.25. The third-order valence-electron chi connectivity index (χ3n) is 11.7. The van der Waals surface area contributed by atoms with Gasteiger partial charge in [0.15, 0.2) is 0 Å². The number of benzene rings is 9. The average Bonchev–Trinajstić information content (AvgIpc) is 3.81. The fourth-order valence-electron chi connectivity index (χ4n) is 9.33. The van der Waals surface area contributed by atoms with Crippen molar-refractivity contribution in [3.8, 4) is 33.4 Å². The van der Waals surface area contributed by atoms with Crippen LogP contribution in [-0.4, -0.2) is 0 Å². The predicted octanol–water partition coefficient (Wildman–Crippen LogP) is 15.2. The monoisotopic (exact) mass is 743 g/mol. The molecule has 57 heavy (non-hydrogen) atoms. The van der Waals surface area contributed by atoms with Gasteiger partial charge in [0.25, 0.3) is 0 Å². The molecule has 0 fully saturated rings. The van der Waals surface area contributed by atoms with Crippen LogP contribution in [0.5, 0.6) is 0 Å². The average molecular weight is 744 g/mol. The maximum atomic E-state index is 2.53. The van der Waals surface area contributed by atoms with Crippen LogP contribution in [0.25, 0.3) is 53.6 Å². The lowest BCUT2D eigenvalue weighted by atomic mass is 9.67. The Labute approximate surface area is 337 Å². The molecule has 268 valence electrons. The molecular weight excluding hydrogens is 707 g/mol. The number of para-hydroxylation sites is 1. The van der Waals surface area contributed by atoms with Crippen molar-refractivity contribution in [2.45, 2.75) is 5.41 Å². The van der Waals surface area contributed by atoms with Crippen LogP contribution in [0.1, 0.15) is 22.3 Å². The van der Waals surface area contributed by atoms with Crippen molar-refractivity contribution < 1.29 is 0 Å². The molecule has 0 spiro atoms. The van der Waals surface area contributed by atoms with Crippen molar-refractivity contribution in [2.75, 3.05) is 4.90 Å². The van der Waals surface area contributed by atoms with E-state index in [-0.39, 0.29) is 0 Å². The minimum Gasteiger partial charge on any atom is -0.310 e. The molecule has 11 rings (SSSR count). The largest absolute Gasteiger partial charge is 0.310 e. The number of fused-ring (bicyclic) bond motifs is 6. The lowest BCUT2D eigenvalue weighted by molar-refractivity contribution is 0.770. The molecule has 0 bridgehead atoms. The summed E-state index contributed by atoms with van der Waals surface area (Å²) >= 11 is 1.90. The number of hydrogen-bond donors (Lipinski definition) is 0. The summed E-state index contributed by atoms with van der Waals surface area (Å²) < 4.78 is 2.61. The normalized spacial score (nSPS) is 12.7. The third-order valence-corrected chi connectivity index (χ3v) is 12.8. The van der Waals surface area contributed by atoms with E-state index in [9.17, 15) is 0 Å². The van der Waals surface area contributed by atoms with E-state index in [0.29, 0.717) is 0 Å². The van der Waals surface area contributed by atoms with Crippen LogP contribution in [0, 0.1) is 0 Å². The van der Waals surface area contributed by atoms with E-state index in [1.54, 1.807) is 0 Å². The molecule has 0 aliphatic heterocycles. The molecule has 0 saturated carbocycles. The van der Waals surface area contributed by atoms with Crippen LogP contribution in [0.15, 0.2) is 224 Å². The van der Waals surface area contributed by atoms with Gasteiger partial charge in [-0.2, -0.15) is 0 Å². The molecule has 9 aromatic carbocycles. The molecule has 1 aromatic heterocycles. The highest BCUT2D eigenvalue weighted by Gasteiger charge is 2.48. The van der Waals surface area contributed by atoms with Crippen LogP contribution >= 0.6 is 11.3 Å². The zero-order valence-corrected chi connectivity index (χ0v) is 32.0. The Morgan fingerprint density at radius 1 is 0.351 bits per heavy atom. The molecule has 1 heterocycles. The maximum Gasteiger partial charge on any atom is 0.0714 e. The molecule has 0 saturated heterocycles. The molecule has 1 nitrogen and oxygen atoms in total. The smallest absolute Gasteiger partial charge is 0.0714 e. The summed E-state index contributed by atoms with van der Waals surface area (Å²) in [5.74, 6) is 0. The molecule has 1 aliphatic carbocycles. The summed E-state index contributed by atoms with van der Waals surface area (Å²) in [4.78, 5) is 2.40. The van der Waals surface area contributed by atoms with Gasteiger partial charge in [-0.3, -0.25) is 0 Å². The van der Waals surface area contributed by atoms with E-state index < -0.39 is 5.41 Å². The molecule has 0 amide bonds. The zero-order valence-electron chi connectivity index (χ0n) is 31.2. The van der Waals surface area contributed by atoms with E-state index in [1.807, 2.05) is 11.3 Å². The third kappa shape index (κ3) is 5.29. The van der Waals surface area contributed by atoms with Gasteiger partial charge in [-0.05, 0) is 104 Å². The number of thiophene rings is 1. The lowest BCUT2D eigenvalue weighted by Gasteiger charge is -2.34. The second-order valence-corrected chi connectivity index (χ2v) is 15.9. The zero-order chi connectivity index (χ0) is 37.8. The highest BCUT2D eigenvalue weighted by molar-refractivity contribution is 7.26. The van der Waals surface area contributed by atoms with Crippen molar-refractivity contribution in [3.05, 3.63) is 247 Å². The molecule has 0 atom stereocenters. The van der Waals surface area contributed by atoms with Crippen molar-refractivity contribution >= 4 is 48.6 Å². The first kappa shape index (κ1) is 33.3. The number of anilines is 3. The maximum absolute atomic E-state index is 2.53. The van der Waals surface area contributed by atoms with Crippen LogP contribution in [0.3, 0.4) is 0 Å². The lowest BCUT2D eigenvalue weighted by Crippen LogP contribution is -2.28. The summed E-state index contributed by atoms with van der Waals surface area (Å²) in [6, 6.07) is 82.4. The van der Waals surface area contributed by atoms with E-state index in [2.05, 4.69) is 229 Å². The molecule has 1 aliphatic rings. The van der Waals surface area contributed by atoms with E-state index in [4.69, 9.17) is 0 Å². The van der Waals surface area contributed by atoms with E-state index in [0.717, 1.165) is 17.1 Å². The molecule has 0 unspecified atom stereocenters. The Morgan fingerprint density at radius 2 is 0.860 bits per heavy atom. The van der Waals surface area contributed by atoms with E-state index in [1.165, 1.54) is 75.8 Å². The minimum atomic E-state index is -0.547. The Morgan fingerprint density at radius 3 is 1.51 bits per heavy atom. The first-order chi connectivity index (χ1) is 28.3. The van der Waals surface area contributed by atoms with Gasteiger partial charge in [0.05, 0.1) is 5.41 Å². The molecule has 2 heteroatoms. The van der Waals surface area contributed by atoms with Gasteiger partial charge in [0.2, 0.25) is 0 Å². The SMILES string of the molecule is c1ccc(-c2ccc(N(c3ccccc3)c3ccc4c(c3)-c3c(cc5sc6ccccc6c5c3-c3ccccc3)C4(c3ccccc3)c3ccccc3)cc2)cc1. The van der Waals surface area contributed by atoms with Crippen molar-refractivity contribution in [2.24, 2.45) is 0 Å². The van der Waals surface area contributed by atoms with Crippen LogP contribution in [0.4, 0.5) is 17.1 Å². The highest BCUT2D eigenvalue weighted by Crippen LogP contribution is 2.61. The van der Waals surface area contributed by atoms with Gasteiger partial charge in [0, 0.05) is 37.2 Å². The predicted molar refractivity (Wildman–Crippen MR) is 242 cm³/mol. The summed E-state index contributed by atoms with van der Waals surface area (Å²) in [5.41, 5.74) is 15.4. The van der Waals surface area contributed by atoms with Crippen molar-refractivity contribution in [1.82, 2.24) is 0 Å². The van der Waals surface area contributed by atoms with Crippen LogP contribution < -0.4 is 4.90 Å². The van der Waals surface area contributed by atoms with Gasteiger partial charge in [0.1, 0.15) is 0 Å². The van der Waals surface area contributed by atoms with Gasteiger partial charge in [-0.1, -0.05) is 176 Å². The fraction of sp³-hybridized carbons (Fsp3) is 0.0182. The minimum absolute atomic E-state index is 0.547. The quantitative estimate of drug-likeness (QED) is 0.157. The fourth-order valence-corrected chi connectivity index (χ4v) is 10.5. The number of rotatable bonds is 7. The standard InChI is InChI=1S/C55H37NS/c1-6-18-38(19-7-1)39-30-32-44(33-31-39)56(43-26-14-5-15-27-43)45-34-35-48-47(36-45)53-49(55(48,41-22-10-3-11-23-41)42-24-12-4-13-25-42)37-51-54(46-28-16-17-29-50(46)57-51)52(53)40-20-8-2-9-21-40/h1-37H. The summed E-state index contributed by atoms with van der Waals surface area (Å²) in [7, 11) is 0. The van der Waals surface area contributed by atoms with Crippen LogP contribution in [0.2, 0.25) is 0 Å². The highest BCUT2D eigenvalue weighted by atomic mass is 32.1. The van der Waals surface area contributed by atoms with Crippen molar-refractivity contribution in [1.29, 1.82) is 0 Å². The number of nitrogens with zero attached hydrogens (tertiary/aromatic N) is 1. The molecule has 0 N–H and O–H groups in total. The second kappa shape index (κ2) is 13.6. The Kier molecular flexibility index (Phi) is 7.98. The topological polar surface area (TPSA) is 3.24 Å². The first-order valence-electron chi connectivity index (χ1n) is 19.6. The van der Waals surface area contributed by atoms with Gasteiger partial charge in [-0.15, -0.1) is 11.3 Å². The number of hydrogen-bond acceptors (Lipinski definition) is 2. The first-order valence-corrected chi connectivity index (χ1v) is 20.4. The summed E-state index contributed by atoms with van der Waals surface area (Å²) in [5, 5.41) is 2.63. The van der Waals surface area contributed by atoms with Gasteiger partial charge >= 0.3 is 0 Å². The van der Waals surface area contributed by atoms with Gasteiger partial charge in [-0.25, -0.2) is 0 Å². The molecule has 10 aromatic rings.